The van der Waals surface area contributed by atoms with Crippen molar-refractivity contribution in [2.24, 2.45) is 0 Å². The Hall–Kier alpha value is -1.98. The Bertz CT molecular complexity index is 871. The highest BCUT2D eigenvalue weighted by Gasteiger charge is 2.31. The lowest BCUT2D eigenvalue weighted by Crippen LogP contribution is -2.29. The van der Waals surface area contributed by atoms with Crippen LogP contribution in [-0.2, 0) is 0 Å². The van der Waals surface area contributed by atoms with Crippen LogP contribution in [0.3, 0.4) is 0 Å². The molecule has 0 aliphatic carbocycles. The fraction of sp³-hybridized carbons (Fsp3) is 0.333. The maximum Gasteiger partial charge on any atom is 0.258 e. The molecule has 1 saturated heterocycles. The number of nitrogens with one attached hydrogen (secondary N) is 1. The third kappa shape index (κ3) is 2.60. The molecule has 3 heterocycles. The van der Waals surface area contributed by atoms with Gasteiger partial charge in [-0.05, 0) is 60.8 Å². The summed E-state index contributed by atoms with van der Waals surface area (Å²) in [5.74, 6) is 0.760. The second-order valence-electron chi connectivity index (χ2n) is 6.10. The molecule has 0 amide bonds. The van der Waals surface area contributed by atoms with Crippen LogP contribution in [-0.4, -0.2) is 21.4 Å². The van der Waals surface area contributed by atoms with Crippen molar-refractivity contribution in [2.75, 3.05) is 6.54 Å². The smallest absolute Gasteiger partial charge is 0.258 e. The predicted octanol–water partition coefficient (Wildman–Crippen LogP) is 3.88. The maximum absolute atomic E-state index is 12.3. The lowest BCUT2D eigenvalue weighted by Gasteiger charge is -2.29. The van der Waals surface area contributed by atoms with E-state index >= 15 is 0 Å². The number of aromatic nitrogens is 2. The number of H-pyrrole nitrogens is 1. The summed E-state index contributed by atoms with van der Waals surface area (Å²) in [6.45, 7) is 3.18. The Morgan fingerprint density at radius 2 is 2.22 bits per heavy atom. The maximum atomic E-state index is 12.3. The molecule has 1 aliphatic heterocycles. The number of nitrogens with zero attached hydrogens (tertiary/aromatic N) is 2. The fourth-order valence-electron chi connectivity index (χ4n) is 3.53. The van der Waals surface area contributed by atoms with Gasteiger partial charge >= 0.3 is 0 Å². The summed E-state index contributed by atoms with van der Waals surface area (Å²) in [7, 11) is 0. The molecular formula is C18H19N3OS. The summed E-state index contributed by atoms with van der Waals surface area (Å²) >= 11 is 1.74. The molecule has 0 saturated carbocycles. The quantitative estimate of drug-likeness (QED) is 0.795. The lowest BCUT2D eigenvalue weighted by atomic mass is 10.1. The van der Waals surface area contributed by atoms with Crippen molar-refractivity contribution in [3.63, 3.8) is 0 Å². The molecule has 118 valence electrons. The van der Waals surface area contributed by atoms with Gasteiger partial charge < -0.3 is 4.98 Å². The van der Waals surface area contributed by atoms with Crippen molar-refractivity contribution in [3.8, 4) is 0 Å². The van der Waals surface area contributed by atoms with E-state index in [4.69, 9.17) is 4.98 Å². The van der Waals surface area contributed by atoms with Crippen molar-refractivity contribution in [2.45, 2.75) is 31.8 Å². The van der Waals surface area contributed by atoms with Gasteiger partial charge in [0.05, 0.1) is 16.9 Å². The predicted molar refractivity (Wildman–Crippen MR) is 93.8 cm³/mol. The van der Waals surface area contributed by atoms with Gasteiger partial charge in [-0.2, -0.15) is 11.3 Å². The number of hydrogen-bond donors (Lipinski definition) is 1. The monoisotopic (exact) mass is 325 g/mol. The molecular weight excluding hydrogens is 306 g/mol. The van der Waals surface area contributed by atoms with Crippen LogP contribution in [0.15, 0.2) is 45.9 Å². The fourth-order valence-corrected chi connectivity index (χ4v) is 4.24. The number of para-hydroxylation sites is 1. The van der Waals surface area contributed by atoms with E-state index in [-0.39, 0.29) is 11.6 Å². The molecule has 0 bridgehead atoms. The molecule has 0 radical (unpaired) electrons. The number of rotatable bonds is 3. The minimum absolute atomic E-state index is 0.0521. The molecule has 0 unspecified atom stereocenters. The first-order chi connectivity index (χ1) is 11.2. The molecule has 5 heteroatoms. The van der Waals surface area contributed by atoms with Crippen molar-refractivity contribution >= 4 is 22.2 Å². The summed E-state index contributed by atoms with van der Waals surface area (Å²) in [6, 6.07) is 10.2. The zero-order valence-corrected chi connectivity index (χ0v) is 13.8. The van der Waals surface area contributed by atoms with Gasteiger partial charge in [-0.1, -0.05) is 12.1 Å². The van der Waals surface area contributed by atoms with Crippen LogP contribution in [0.4, 0.5) is 0 Å². The highest BCUT2D eigenvalue weighted by Crippen LogP contribution is 2.38. The number of fused-ring (bicyclic) bond motifs is 1. The van der Waals surface area contributed by atoms with Gasteiger partial charge in [0.25, 0.3) is 5.56 Å². The van der Waals surface area contributed by atoms with E-state index in [1.165, 1.54) is 18.4 Å². The molecule has 4 rings (SSSR count). The Labute approximate surface area is 138 Å². The summed E-state index contributed by atoms with van der Waals surface area (Å²) < 4.78 is 0. The second-order valence-corrected chi connectivity index (χ2v) is 6.88. The van der Waals surface area contributed by atoms with Gasteiger partial charge in [-0.3, -0.25) is 9.69 Å². The minimum Gasteiger partial charge on any atom is -0.309 e. The van der Waals surface area contributed by atoms with Crippen LogP contribution < -0.4 is 5.56 Å². The van der Waals surface area contributed by atoms with Gasteiger partial charge in [0.2, 0.25) is 0 Å². The number of likely N-dealkylation sites (tertiary alicyclic amines) is 1. The van der Waals surface area contributed by atoms with Gasteiger partial charge in [-0.15, -0.1) is 0 Å². The van der Waals surface area contributed by atoms with E-state index in [1.807, 2.05) is 24.3 Å². The number of thiophene rings is 1. The van der Waals surface area contributed by atoms with Crippen molar-refractivity contribution in [3.05, 3.63) is 62.8 Å². The second kappa shape index (κ2) is 5.91. The van der Waals surface area contributed by atoms with Crippen LogP contribution in [0.1, 0.15) is 43.2 Å². The Morgan fingerprint density at radius 1 is 1.35 bits per heavy atom. The Morgan fingerprint density at radius 3 is 3.04 bits per heavy atom. The average molecular weight is 325 g/mol. The summed E-state index contributed by atoms with van der Waals surface area (Å²) in [4.78, 5) is 22.5. The van der Waals surface area contributed by atoms with Gasteiger partial charge in [0.15, 0.2) is 0 Å². The number of hydrogen-bond acceptors (Lipinski definition) is 4. The topological polar surface area (TPSA) is 49.0 Å². The first-order valence-electron chi connectivity index (χ1n) is 8.01. The lowest BCUT2D eigenvalue weighted by molar-refractivity contribution is 0.187. The van der Waals surface area contributed by atoms with Crippen LogP contribution in [0.5, 0.6) is 0 Å². The minimum atomic E-state index is -0.0521. The molecule has 1 aromatic carbocycles. The number of benzene rings is 1. The molecule has 2 atom stereocenters. The molecule has 1 aliphatic rings. The third-order valence-corrected chi connectivity index (χ3v) is 5.45. The highest BCUT2D eigenvalue weighted by molar-refractivity contribution is 7.07. The van der Waals surface area contributed by atoms with E-state index in [9.17, 15) is 4.79 Å². The van der Waals surface area contributed by atoms with E-state index in [0.717, 1.165) is 17.9 Å². The zero-order valence-electron chi connectivity index (χ0n) is 13.0. The van der Waals surface area contributed by atoms with Gasteiger partial charge in [0, 0.05) is 6.04 Å². The van der Waals surface area contributed by atoms with E-state index in [1.54, 1.807) is 11.3 Å². The molecule has 1 fully saturated rings. The van der Waals surface area contributed by atoms with Gasteiger partial charge in [0.1, 0.15) is 5.82 Å². The normalized spacial score (nSPS) is 20.1. The van der Waals surface area contributed by atoms with Crippen LogP contribution in [0.25, 0.3) is 10.9 Å². The summed E-state index contributed by atoms with van der Waals surface area (Å²) in [5, 5.41) is 5.01. The summed E-state index contributed by atoms with van der Waals surface area (Å²) in [6.07, 6.45) is 2.35. The van der Waals surface area contributed by atoms with Crippen molar-refractivity contribution in [1.29, 1.82) is 0 Å². The Kier molecular flexibility index (Phi) is 3.75. The molecule has 3 aromatic rings. The molecule has 23 heavy (non-hydrogen) atoms. The first-order valence-corrected chi connectivity index (χ1v) is 8.95. The zero-order chi connectivity index (χ0) is 15.8. The Balaban J connectivity index is 1.71. The third-order valence-electron chi connectivity index (χ3n) is 4.75. The van der Waals surface area contributed by atoms with Gasteiger partial charge in [-0.25, -0.2) is 4.98 Å². The SMILES string of the molecule is C[C@@H](c1nc2ccccc2c(=O)[nH]1)N1CCC[C@@H]1c1ccsc1. The molecule has 2 aromatic heterocycles. The van der Waals surface area contributed by atoms with Crippen LogP contribution in [0, 0.1) is 0 Å². The molecule has 4 nitrogen and oxygen atoms in total. The van der Waals surface area contributed by atoms with E-state index < -0.39 is 0 Å². The standard InChI is InChI=1S/C18H19N3OS/c1-12(21-9-4-7-16(21)13-8-10-23-11-13)17-19-15-6-3-2-5-14(15)18(22)20-17/h2-3,5-6,8,10-12,16H,4,7,9H2,1H3,(H,19,20,22)/t12-,16+/m0/s1. The van der Waals surface area contributed by atoms with E-state index in [0.29, 0.717) is 11.4 Å². The van der Waals surface area contributed by atoms with Crippen LogP contribution in [0.2, 0.25) is 0 Å². The average Bonchev–Trinajstić information content (AvgIpc) is 3.25. The highest BCUT2D eigenvalue weighted by atomic mass is 32.1. The molecule has 1 N–H and O–H groups in total. The van der Waals surface area contributed by atoms with Crippen LogP contribution >= 0.6 is 11.3 Å². The number of aromatic amines is 1. The largest absolute Gasteiger partial charge is 0.309 e. The van der Waals surface area contributed by atoms with Crippen molar-refractivity contribution < 1.29 is 0 Å². The summed E-state index contributed by atoms with van der Waals surface area (Å²) in [5.41, 5.74) is 2.09. The van der Waals surface area contributed by atoms with Crippen molar-refractivity contribution in [1.82, 2.24) is 14.9 Å². The molecule has 0 spiro atoms. The first kappa shape index (κ1) is 14.6. The van der Waals surface area contributed by atoms with E-state index in [2.05, 4.69) is 33.6 Å².